The van der Waals surface area contributed by atoms with Crippen molar-refractivity contribution in [3.05, 3.63) is 70.8 Å². The Morgan fingerprint density at radius 1 is 1.14 bits per heavy atom. The molecule has 2 unspecified atom stereocenters. The lowest BCUT2D eigenvalue weighted by Gasteiger charge is -2.18. The molecule has 1 aliphatic carbocycles. The Labute approximate surface area is 129 Å². The number of benzene rings is 2. The third-order valence-electron chi connectivity index (χ3n) is 3.65. The lowest BCUT2D eigenvalue weighted by Crippen LogP contribution is -2.32. The van der Waals surface area contributed by atoms with Crippen molar-refractivity contribution in [2.45, 2.75) is 17.3 Å². The summed E-state index contributed by atoms with van der Waals surface area (Å²) in [5, 5.41) is 2.78. The Morgan fingerprint density at radius 2 is 1.90 bits per heavy atom. The molecule has 0 saturated heterocycles. The molecule has 0 aromatic heterocycles. The second-order valence-corrected chi connectivity index (χ2v) is 6.15. The fourth-order valence-electron chi connectivity index (χ4n) is 2.61. The van der Waals surface area contributed by atoms with Crippen LogP contribution in [-0.4, -0.2) is 10.7 Å². The van der Waals surface area contributed by atoms with Gasteiger partial charge in [0.25, 0.3) is 5.91 Å². The lowest BCUT2D eigenvalue weighted by atomic mass is 10.1. The Kier molecular flexibility index (Phi) is 3.76. The molecule has 1 N–H and O–H groups in total. The largest absolute Gasteiger partial charge is 0.344 e. The molecule has 2 aromatic rings. The quantitative estimate of drug-likeness (QED) is 0.820. The molecule has 0 radical (unpaired) electrons. The lowest BCUT2D eigenvalue weighted by molar-refractivity contribution is 0.0933. The molecule has 5 heteroatoms. The summed E-state index contributed by atoms with van der Waals surface area (Å²) < 4.78 is 26.9. The number of alkyl halides is 1. The number of fused-ring (bicyclic) bond motifs is 1. The zero-order valence-corrected chi connectivity index (χ0v) is 12.5. The average Bonchev–Trinajstić information content (AvgIpc) is 2.78. The molecule has 0 spiro atoms. The first-order chi connectivity index (χ1) is 10.1. The van der Waals surface area contributed by atoms with E-state index in [0.717, 1.165) is 23.6 Å². The van der Waals surface area contributed by atoms with Crippen molar-refractivity contribution >= 4 is 21.8 Å². The number of amides is 1. The molecule has 0 aliphatic heterocycles. The van der Waals surface area contributed by atoms with Crippen molar-refractivity contribution in [3.8, 4) is 0 Å². The van der Waals surface area contributed by atoms with Crippen molar-refractivity contribution in [2.75, 3.05) is 0 Å². The van der Waals surface area contributed by atoms with Gasteiger partial charge in [-0.25, -0.2) is 8.78 Å². The normalized spacial score (nSPS) is 20.1. The summed E-state index contributed by atoms with van der Waals surface area (Å²) in [7, 11) is 0. The summed E-state index contributed by atoms with van der Waals surface area (Å²) >= 11 is 3.54. The molecule has 2 atom stereocenters. The van der Waals surface area contributed by atoms with Gasteiger partial charge >= 0.3 is 0 Å². The predicted octanol–water partition coefficient (Wildman–Crippen LogP) is 3.76. The van der Waals surface area contributed by atoms with E-state index >= 15 is 0 Å². The molecule has 0 fully saturated rings. The van der Waals surface area contributed by atoms with Gasteiger partial charge in [-0.05, 0) is 29.7 Å². The van der Waals surface area contributed by atoms with Crippen LogP contribution < -0.4 is 5.32 Å². The van der Waals surface area contributed by atoms with Crippen LogP contribution >= 0.6 is 15.9 Å². The van der Waals surface area contributed by atoms with Crippen LogP contribution in [0.25, 0.3) is 0 Å². The molecular weight excluding hydrogens is 340 g/mol. The highest BCUT2D eigenvalue weighted by atomic mass is 79.9. The SMILES string of the molecule is O=C(NC1c2ccccc2CC1Br)c1cccc(F)c1F. The summed E-state index contributed by atoms with van der Waals surface area (Å²) in [5.41, 5.74) is 1.87. The van der Waals surface area contributed by atoms with Crippen LogP contribution in [0.1, 0.15) is 27.5 Å². The van der Waals surface area contributed by atoms with E-state index in [-0.39, 0.29) is 16.4 Å². The van der Waals surface area contributed by atoms with Crippen LogP contribution in [0.3, 0.4) is 0 Å². The van der Waals surface area contributed by atoms with Crippen LogP contribution in [0.15, 0.2) is 42.5 Å². The van der Waals surface area contributed by atoms with Gasteiger partial charge in [-0.2, -0.15) is 0 Å². The predicted molar refractivity (Wildman–Crippen MR) is 79.4 cm³/mol. The van der Waals surface area contributed by atoms with Crippen molar-refractivity contribution in [1.82, 2.24) is 5.32 Å². The van der Waals surface area contributed by atoms with Crippen molar-refractivity contribution in [1.29, 1.82) is 0 Å². The fourth-order valence-corrected chi connectivity index (χ4v) is 3.38. The van der Waals surface area contributed by atoms with Gasteiger partial charge in [0.05, 0.1) is 11.6 Å². The van der Waals surface area contributed by atoms with Gasteiger partial charge < -0.3 is 5.32 Å². The highest BCUT2D eigenvalue weighted by Gasteiger charge is 2.32. The monoisotopic (exact) mass is 351 g/mol. The van der Waals surface area contributed by atoms with Crippen LogP contribution in [0.4, 0.5) is 8.78 Å². The standard InChI is InChI=1S/C16H12BrF2NO/c17-12-8-9-4-1-2-5-10(9)15(12)20-16(21)11-6-3-7-13(18)14(11)19/h1-7,12,15H,8H2,(H,20,21). The fraction of sp³-hybridized carbons (Fsp3) is 0.188. The van der Waals surface area contributed by atoms with Gasteiger partial charge in [0.15, 0.2) is 11.6 Å². The van der Waals surface area contributed by atoms with Crippen LogP contribution in [0.5, 0.6) is 0 Å². The van der Waals surface area contributed by atoms with Crippen molar-refractivity contribution in [3.63, 3.8) is 0 Å². The summed E-state index contributed by atoms with van der Waals surface area (Å²) in [6.45, 7) is 0. The van der Waals surface area contributed by atoms with Crippen molar-refractivity contribution in [2.24, 2.45) is 0 Å². The van der Waals surface area contributed by atoms with E-state index in [1.807, 2.05) is 24.3 Å². The third kappa shape index (κ3) is 2.58. The summed E-state index contributed by atoms with van der Waals surface area (Å²) in [4.78, 5) is 12.2. The smallest absolute Gasteiger partial charge is 0.254 e. The topological polar surface area (TPSA) is 29.1 Å². The zero-order chi connectivity index (χ0) is 15.0. The highest BCUT2D eigenvalue weighted by molar-refractivity contribution is 9.09. The average molecular weight is 352 g/mol. The van der Waals surface area contributed by atoms with Gasteiger partial charge in [0, 0.05) is 4.83 Å². The van der Waals surface area contributed by atoms with Crippen LogP contribution in [0, 0.1) is 11.6 Å². The van der Waals surface area contributed by atoms with Gasteiger partial charge in [0.1, 0.15) is 0 Å². The molecule has 0 heterocycles. The van der Waals surface area contributed by atoms with E-state index in [4.69, 9.17) is 0 Å². The maximum absolute atomic E-state index is 13.7. The van der Waals surface area contributed by atoms with E-state index in [1.54, 1.807) is 0 Å². The first-order valence-electron chi connectivity index (χ1n) is 6.54. The summed E-state index contributed by atoms with van der Waals surface area (Å²) in [6, 6.07) is 11.1. The third-order valence-corrected chi connectivity index (χ3v) is 4.50. The minimum absolute atomic E-state index is 0.0375. The Balaban J connectivity index is 1.87. The number of carbonyl (C=O) groups is 1. The van der Waals surface area contributed by atoms with Crippen LogP contribution in [-0.2, 0) is 6.42 Å². The Hall–Kier alpha value is -1.75. The van der Waals surface area contributed by atoms with E-state index in [0.29, 0.717) is 0 Å². The molecule has 3 rings (SSSR count). The molecule has 108 valence electrons. The van der Waals surface area contributed by atoms with Gasteiger partial charge in [-0.3, -0.25) is 4.79 Å². The van der Waals surface area contributed by atoms with E-state index in [1.165, 1.54) is 12.1 Å². The first kappa shape index (κ1) is 14.2. The summed E-state index contributed by atoms with van der Waals surface area (Å²) in [6.07, 6.45) is 0.784. The van der Waals surface area contributed by atoms with Crippen molar-refractivity contribution < 1.29 is 13.6 Å². The maximum Gasteiger partial charge on any atom is 0.254 e. The number of carbonyl (C=O) groups excluding carboxylic acids is 1. The molecule has 21 heavy (non-hydrogen) atoms. The molecular formula is C16H12BrF2NO. The summed E-state index contributed by atoms with van der Waals surface area (Å²) in [5.74, 6) is -2.75. The van der Waals surface area contributed by atoms with E-state index in [9.17, 15) is 13.6 Å². The molecule has 0 bridgehead atoms. The first-order valence-corrected chi connectivity index (χ1v) is 7.46. The Bertz CT molecular complexity index is 704. The molecule has 2 nitrogen and oxygen atoms in total. The number of nitrogens with one attached hydrogen (secondary N) is 1. The number of rotatable bonds is 2. The van der Waals surface area contributed by atoms with E-state index < -0.39 is 17.5 Å². The second kappa shape index (κ2) is 5.56. The Morgan fingerprint density at radius 3 is 2.71 bits per heavy atom. The maximum atomic E-state index is 13.7. The minimum Gasteiger partial charge on any atom is -0.344 e. The minimum atomic E-state index is -1.12. The molecule has 1 aliphatic rings. The number of hydrogen-bond acceptors (Lipinski definition) is 1. The molecule has 0 saturated carbocycles. The van der Waals surface area contributed by atoms with Gasteiger partial charge in [-0.15, -0.1) is 0 Å². The van der Waals surface area contributed by atoms with E-state index in [2.05, 4.69) is 21.2 Å². The molecule has 1 amide bonds. The van der Waals surface area contributed by atoms with Crippen LogP contribution in [0.2, 0.25) is 0 Å². The second-order valence-electron chi connectivity index (χ2n) is 4.97. The van der Waals surface area contributed by atoms with Gasteiger partial charge in [0.2, 0.25) is 0 Å². The number of halogens is 3. The van der Waals surface area contributed by atoms with Gasteiger partial charge in [-0.1, -0.05) is 46.3 Å². The zero-order valence-electron chi connectivity index (χ0n) is 10.9. The highest BCUT2D eigenvalue weighted by Crippen LogP contribution is 2.35. The molecule has 2 aromatic carbocycles. The number of hydrogen-bond donors (Lipinski definition) is 1.